The molecule has 0 aromatic heterocycles. The predicted molar refractivity (Wildman–Crippen MR) is 57.3 cm³/mol. The minimum Gasteiger partial charge on any atom is -0.492 e. The van der Waals surface area contributed by atoms with E-state index < -0.39 is 0 Å². The molecular formula is C11H15N2O2. The van der Waals surface area contributed by atoms with Crippen LogP contribution in [0.15, 0.2) is 18.2 Å². The topological polar surface area (TPSA) is 64.3 Å². The third-order valence-corrected chi connectivity index (χ3v) is 1.80. The lowest BCUT2D eigenvalue weighted by Gasteiger charge is -2.07. The number of amides is 1. The summed E-state index contributed by atoms with van der Waals surface area (Å²) in [4.78, 5) is 10.6. The number of hydrogen-bond donors (Lipinski definition) is 2. The Morgan fingerprint density at radius 1 is 1.67 bits per heavy atom. The first-order valence-electron chi connectivity index (χ1n) is 4.80. The summed E-state index contributed by atoms with van der Waals surface area (Å²) in [5.74, 6) is 0.696. The lowest BCUT2D eigenvalue weighted by Crippen LogP contribution is -2.25. The highest BCUT2D eigenvalue weighted by Gasteiger charge is 1.96. The van der Waals surface area contributed by atoms with E-state index in [0.29, 0.717) is 19.7 Å². The summed E-state index contributed by atoms with van der Waals surface area (Å²) < 4.78 is 5.41. The number of hydrogen-bond acceptors (Lipinski definition) is 3. The molecule has 4 nitrogen and oxygen atoms in total. The molecule has 0 spiro atoms. The molecule has 81 valence electrons. The zero-order valence-corrected chi connectivity index (χ0v) is 8.75. The van der Waals surface area contributed by atoms with E-state index in [1.165, 1.54) is 6.92 Å². The number of rotatable bonds is 5. The van der Waals surface area contributed by atoms with E-state index in [9.17, 15) is 4.79 Å². The lowest BCUT2D eigenvalue weighted by atomic mass is 10.2. The van der Waals surface area contributed by atoms with Gasteiger partial charge in [0.15, 0.2) is 0 Å². The monoisotopic (exact) mass is 207 g/mol. The van der Waals surface area contributed by atoms with Crippen molar-refractivity contribution >= 4 is 5.91 Å². The van der Waals surface area contributed by atoms with Crippen LogP contribution < -0.4 is 15.8 Å². The highest BCUT2D eigenvalue weighted by molar-refractivity contribution is 5.72. The van der Waals surface area contributed by atoms with Gasteiger partial charge in [-0.2, -0.15) is 0 Å². The highest BCUT2D eigenvalue weighted by Crippen LogP contribution is 2.11. The molecule has 0 saturated heterocycles. The van der Waals surface area contributed by atoms with Crippen molar-refractivity contribution in [1.29, 1.82) is 0 Å². The Morgan fingerprint density at radius 2 is 2.47 bits per heavy atom. The van der Waals surface area contributed by atoms with Crippen LogP contribution in [0.3, 0.4) is 0 Å². The van der Waals surface area contributed by atoms with Gasteiger partial charge >= 0.3 is 0 Å². The van der Waals surface area contributed by atoms with Gasteiger partial charge in [-0.3, -0.25) is 4.79 Å². The molecule has 1 amide bonds. The number of nitrogens with two attached hydrogens (primary N) is 1. The average molecular weight is 207 g/mol. The largest absolute Gasteiger partial charge is 0.492 e. The van der Waals surface area contributed by atoms with Gasteiger partial charge in [0, 0.05) is 13.5 Å². The fourth-order valence-corrected chi connectivity index (χ4v) is 1.10. The first kappa shape index (κ1) is 11.5. The molecule has 0 atom stereocenters. The van der Waals surface area contributed by atoms with Crippen molar-refractivity contribution in [2.45, 2.75) is 13.5 Å². The molecule has 3 N–H and O–H groups in total. The van der Waals surface area contributed by atoms with Gasteiger partial charge < -0.3 is 15.8 Å². The summed E-state index contributed by atoms with van der Waals surface area (Å²) in [5.41, 5.74) is 6.38. The summed E-state index contributed by atoms with van der Waals surface area (Å²) >= 11 is 0. The van der Waals surface area contributed by atoms with Gasteiger partial charge in [0.05, 0.1) is 6.54 Å². The first-order chi connectivity index (χ1) is 7.22. The van der Waals surface area contributed by atoms with Crippen LogP contribution in [-0.2, 0) is 11.3 Å². The molecule has 15 heavy (non-hydrogen) atoms. The zero-order chi connectivity index (χ0) is 11.1. The van der Waals surface area contributed by atoms with Gasteiger partial charge in [-0.15, -0.1) is 0 Å². The maximum absolute atomic E-state index is 10.6. The molecule has 1 radical (unpaired) electrons. The minimum absolute atomic E-state index is 0.0531. The quantitative estimate of drug-likeness (QED) is 0.689. The van der Waals surface area contributed by atoms with Crippen molar-refractivity contribution in [1.82, 2.24) is 5.32 Å². The Kier molecular flexibility index (Phi) is 4.63. The van der Waals surface area contributed by atoms with Gasteiger partial charge in [-0.25, -0.2) is 0 Å². The van der Waals surface area contributed by atoms with Gasteiger partial charge in [-0.05, 0) is 23.8 Å². The average Bonchev–Trinajstić information content (AvgIpc) is 2.24. The molecule has 0 aliphatic carbocycles. The second kappa shape index (κ2) is 6.03. The van der Waals surface area contributed by atoms with Crippen LogP contribution in [0.5, 0.6) is 5.75 Å². The Hall–Kier alpha value is -1.55. The minimum atomic E-state index is -0.0531. The van der Waals surface area contributed by atoms with Crippen LogP contribution in [-0.4, -0.2) is 19.1 Å². The first-order valence-corrected chi connectivity index (χ1v) is 4.80. The molecule has 0 heterocycles. The summed E-state index contributed by atoms with van der Waals surface area (Å²) in [7, 11) is 0. The van der Waals surface area contributed by atoms with Crippen LogP contribution >= 0.6 is 0 Å². The van der Waals surface area contributed by atoms with E-state index in [1.54, 1.807) is 6.07 Å². The molecule has 1 aromatic carbocycles. The molecular weight excluding hydrogens is 192 g/mol. The van der Waals surface area contributed by atoms with Gasteiger partial charge in [0.2, 0.25) is 5.91 Å². The van der Waals surface area contributed by atoms with E-state index in [4.69, 9.17) is 10.5 Å². The van der Waals surface area contributed by atoms with Crippen molar-refractivity contribution in [3.8, 4) is 5.75 Å². The van der Waals surface area contributed by atoms with E-state index in [-0.39, 0.29) is 5.91 Å². The van der Waals surface area contributed by atoms with Crippen LogP contribution in [0, 0.1) is 6.07 Å². The van der Waals surface area contributed by atoms with Gasteiger partial charge in [0.25, 0.3) is 0 Å². The van der Waals surface area contributed by atoms with E-state index in [1.807, 2.05) is 12.1 Å². The number of benzene rings is 1. The second-order valence-corrected chi connectivity index (χ2v) is 3.09. The van der Waals surface area contributed by atoms with Crippen molar-refractivity contribution in [3.05, 3.63) is 29.8 Å². The molecule has 1 rings (SSSR count). The number of carbonyl (C=O) groups excluding carboxylic acids is 1. The predicted octanol–water partition coefficient (Wildman–Crippen LogP) is 0.460. The van der Waals surface area contributed by atoms with E-state index >= 15 is 0 Å². The maximum Gasteiger partial charge on any atom is 0.216 e. The van der Waals surface area contributed by atoms with Crippen LogP contribution in [0.1, 0.15) is 12.5 Å². The third kappa shape index (κ3) is 4.46. The maximum atomic E-state index is 10.6. The molecule has 0 fully saturated rings. The van der Waals surface area contributed by atoms with E-state index in [0.717, 1.165) is 11.3 Å². The summed E-state index contributed by atoms with van der Waals surface area (Å²) in [6, 6.07) is 8.42. The normalized spacial score (nSPS) is 9.73. The van der Waals surface area contributed by atoms with Crippen molar-refractivity contribution in [2.24, 2.45) is 5.73 Å². The van der Waals surface area contributed by atoms with Crippen LogP contribution in [0.4, 0.5) is 0 Å². The Labute approximate surface area is 89.4 Å². The van der Waals surface area contributed by atoms with Crippen molar-refractivity contribution in [2.75, 3.05) is 13.2 Å². The summed E-state index contributed by atoms with van der Waals surface area (Å²) in [5, 5.41) is 2.65. The fourth-order valence-electron chi connectivity index (χ4n) is 1.10. The number of carbonyl (C=O) groups is 1. The molecule has 0 saturated carbocycles. The molecule has 0 unspecified atom stereocenters. The molecule has 4 heteroatoms. The van der Waals surface area contributed by atoms with Crippen molar-refractivity contribution < 1.29 is 9.53 Å². The number of nitrogens with one attached hydrogen (secondary N) is 1. The SMILES string of the molecule is CC(=O)NCCOc1cc[c]c(CN)c1. The standard InChI is InChI=1S/C11H15N2O2/c1-9(14)13-5-6-15-11-4-2-3-10(7-11)8-12/h2,4,7H,5-6,8,12H2,1H3,(H,13,14). The smallest absolute Gasteiger partial charge is 0.216 e. The third-order valence-electron chi connectivity index (χ3n) is 1.80. The fraction of sp³-hybridized carbons (Fsp3) is 0.364. The lowest BCUT2D eigenvalue weighted by molar-refractivity contribution is -0.119. The molecule has 1 aromatic rings. The Balaban J connectivity index is 2.33. The summed E-state index contributed by atoms with van der Waals surface area (Å²) in [6.07, 6.45) is 0. The van der Waals surface area contributed by atoms with Crippen LogP contribution in [0.25, 0.3) is 0 Å². The zero-order valence-electron chi connectivity index (χ0n) is 8.75. The molecule has 0 aliphatic heterocycles. The Bertz CT molecular complexity index is 326. The van der Waals surface area contributed by atoms with E-state index in [2.05, 4.69) is 11.4 Å². The second-order valence-electron chi connectivity index (χ2n) is 3.09. The van der Waals surface area contributed by atoms with Crippen molar-refractivity contribution in [3.63, 3.8) is 0 Å². The van der Waals surface area contributed by atoms with Gasteiger partial charge in [-0.1, -0.05) is 6.07 Å². The molecule has 0 aliphatic rings. The number of ether oxygens (including phenoxy) is 1. The molecule has 0 bridgehead atoms. The highest BCUT2D eigenvalue weighted by atomic mass is 16.5. The van der Waals surface area contributed by atoms with Gasteiger partial charge in [0.1, 0.15) is 12.4 Å². The Morgan fingerprint density at radius 3 is 3.13 bits per heavy atom. The summed E-state index contributed by atoms with van der Waals surface area (Å²) in [6.45, 7) is 2.88. The van der Waals surface area contributed by atoms with Crippen LogP contribution in [0.2, 0.25) is 0 Å².